The number of thiazole rings is 1. The van der Waals surface area contributed by atoms with Crippen molar-refractivity contribution in [3.63, 3.8) is 0 Å². The molecule has 2 aliphatic rings. The molecule has 0 bridgehead atoms. The Bertz CT molecular complexity index is 1210. The molecule has 0 N–H and O–H groups in total. The largest absolute Gasteiger partial charge is 0.486 e. The molecule has 1 aromatic carbocycles. The molecule has 2 aliphatic heterocycles. The molecule has 0 spiro atoms. The maximum absolute atomic E-state index is 12.5. The van der Waals surface area contributed by atoms with Gasteiger partial charge in [0, 0.05) is 35.2 Å². The number of pyridine rings is 1. The molecule has 0 fully saturated rings. The highest BCUT2D eigenvalue weighted by molar-refractivity contribution is 7.15. The average Bonchev–Trinajstić information content (AvgIpc) is 3.21. The van der Waals surface area contributed by atoms with E-state index in [4.69, 9.17) is 19.2 Å². The van der Waals surface area contributed by atoms with Gasteiger partial charge < -0.3 is 19.1 Å². The predicted molar refractivity (Wildman–Crippen MR) is 127 cm³/mol. The molecule has 0 radical (unpaired) electrons. The van der Waals surface area contributed by atoms with Gasteiger partial charge in [-0.05, 0) is 57.5 Å². The number of hydrogen-bond acceptors (Lipinski definition) is 7. The molecular weight excluding hydrogens is 438 g/mol. The zero-order chi connectivity index (χ0) is 23.2. The number of hydrogen-bond donors (Lipinski definition) is 0. The second kappa shape index (κ2) is 8.33. The van der Waals surface area contributed by atoms with Crippen LogP contribution in [0.4, 0.5) is 4.79 Å². The first-order valence-corrected chi connectivity index (χ1v) is 11.9. The van der Waals surface area contributed by atoms with Crippen molar-refractivity contribution < 1.29 is 19.0 Å². The van der Waals surface area contributed by atoms with E-state index in [9.17, 15) is 4.79 Å². The van der Waals surface area contributed by atoms with Crippen LogP contribution >= 0.6 is 11.3 Å². The highest BCUT2D eigenvalue weighted by atomic mass is 32.1. The van der Waals surface area contributed by atoms with Crippen LogP contribution in [0.5, 0.6) is 11.5 Å². The van der Waals surface area contributed by atoms with Gasteiger partial charge in [0.25, 0.3) is 0 Å². The molecule has 172 valence electrons. The van der Waals surface area contributed by atoms with Gasteiger partial charge in [0.05, 0.1) is 17.9 Å². The minimum absolute atomic E-state index is 0.274. The van der Waals surface area contributed by atoms with E-state index in [2.05, 4.69) is 11.9 Å². The molecule has 0 saturated carbocycles. The third-order valence-corrected chi connectivity index (χ3v) is 6.75. The van der Waals surface area contributed by atoms with Crippen LogP contribution in [0.15, 0.2) is 30.5 Å². The molecule has 1 amide bonds. The second-order valence-electron chi connectivity index (χ2n) is 9.23. The molecule has 3 aromatic rings. The van der Waals surface area contributed by atoms with Gasteiger partial charge in [-0.25, -0.2) is 9.78 Å². The predicted octanol–water partition coefficient (Wildman–Crippen LogP) is 5.24. The van der Waals surface area contributed by atoms with E-state index >= 15 is 0 Å². The minimum Gasteiger partial charge on any atom is -0.486 e. The number of amides is 1. The summed E-state index contributed by atoms with van der Waals surface area (Å²) in [4.78, 5) is 25.0. The van der Waals surface area contributed by atoms with Crippen LogP contribution in [0.1, 0.15) is 36.9 Å². The van der Waals surface area contributed by atoms with Crippen LogP contribution in [0.25, 0.3) is 21.8 Å². The molecule has 8 heteroatoms. The number of ether oxygens (including phenoxy) is 3. The maximum atomic E-state index is 12.5. The van der Waals surface area contributed by atoms with Gasteiger partial charge in [0.15, 0.2) is 11.5 Å². The Morgan fingerprint density at radius 1 is 1.15 bits per heavy atom. The van der Waals surface area contributed by atoms with Crippen molar-refractivity contribution >= 4 is 17.4 Å². The van der Waals surface area contributed by atoms with Crippen molar-refractivity contribution in [1.29, 1.82) is 0 Å². The van der Waals surface area contributed by atoms with Gasteiger partial charge in [0.1, 0.15) is 23.8 Å². The summed E-state index contributed by atoms with van der Waals surface area (Å²) in [7, 11) is 0. The highest BCUT2D eigenvalue weighted by Gasteiger charge is 2.28. The lowest BCUT2D eigenvalue weighted by atomic mass is 10.0. The van der Waals surface area contributed by atoms with Crippen LogP contribution in [0.3, 0.4) is 0 Å². The summed E-state index contributed by atoms with van der Waals surface area (Å²) in [6, 6.07) is 7.94. The van der Waals surface area contributed by atoms with Gasteiger partial charge in [-0.3, -0.25) is 4.98 Å². The fourth-order valence-electron chi connectivity index (χ4n) is 4.04. The van der Waals surface area contributed by atoms with Crippen LogP contribution in [0, 0.1) is 6.92 Å². The summed E-state index contributed by atoms with van der Waals surface area (Å²) in [6.45, 7) is 9.99. The van der Waals surface area contributed by atoms with Gasteiger partial charge in [0.2, 0.25) is 0 Å². The first-order chi connectivity index (χ1) is 15.8. The zero-order valence-corrected chi connectivity index (χ0v) is 20.1. The van der Waals surface area contributed by atoms with Gasteiger partial charge in [-0.1, -0.05) is 0 Å². The number of carbonyl (C=O) groups is 1. The average molecular weight is 466 g/mol. The Morgan fingerprint density at radius 2 is 1.94 bits per heavy atom. The Hall–Kier alpha value is -3.13. The number of aromatic nitrogens is 2. The first kappa shape index (κ1) is 21.7. The molecule has 33 heavy (non-hydrogen) atoms. The topological polar surface area (TPSA) is 73.8 Å². The van der Waals surface area contributed by atoms with Gasteiger partial charge in [-0.15, -0.1) is 11.3 Å². The molecule has 5 rings (SSSR count). The Morgan fingerprint density at radius 3 is 2.73 bits per heavy atom. The van der Waals surface area contributed by atoms with Crippen molar-refractivity contribution in [3.8, 4) is 33.3 Å². The Balaban J connectivity index is 1.42. The van der Waals surface area contributed by atoms with E-state index < -0.39 is 5.60 Å². The summed E-state index contributed by atoms with van der Waals surface area (Å²) in [5.74, 6) is 1.51. The summed E-state index contributed by atoms with van der Waals surface area (Å²) in [5, 5.41) is 0.949. The monoisotopic (exact) mass is 465 g/mol. The SMILES string of the molecule is Cc1c(-c2nc3c(s2)CN(C(=O)OC(C)(C)C)CC3)ccnc1-c1ccc2c(c1)OCCO2. The van der Waals surface area contributed by atoms with E-state index in [-0.39, 0.29) is 6.09 Å². The first-order valence-electron chi connectivity index (χ1n) is 11.1. The zero-order valence-electron chi connectivity index (χ0n) is 19.3. The van der Waals surface area contributed by atoms with Gasteiger partial charge in [-0.2, -0.15) is 0 Å². The molecule has 0 unspecified atom stereocenters. The second-order valence-corrected chi connectivity index (χ2v) is 10.3. The lowest BCUT2D eigenvalue weighted by molar-refractivity contribution is 0.0225. The standard InChI is InChI=1S/C25H27N3O4S/c1-15-17(7-9-26-22(15)16-5-6-19-20(13-16)31-12-11-30-19)23-27-18-8-10-28(14-21(18)33-23)24(29)32-25(2,3)4/h5-7,9,13H,8,10-12,14H2,1-4H3. The van der Waals surface area contributed by atoms with Gasteiger partial charge >= 0.3 is 6.09 Å². The molecule has 2 aromatic heterocycles. The van der Waals surface area contributed by atoms with Crippen LogP contribution in [-0.4, -0.2) is 46.3 Å². The summed E-state index contributed by atoms with van der Waals surface area (Å²) in [5.41, 5.74) is 4.55. The van der Waals surface area contributed by atoms with Crippen molar-refractivity contribution in [1.82, 2.24) is 14.9 Å². The quantitative estimate of drug-likeness (QED) is 0.515. The lowest BCUT2D eigenvalue weighted by Gasteiger charge is -2.29. The third kappa shape index (κ3) is 4.39. The molecule has 4 heterocycles. The number of fused-ring (bicyclic) bond motifs is 2. The number of rotatable bonds is 2. The van der Waals surface area contributed by atoms with E-state index in [0.717, 1.165) is 55.9 Å². The number of carbonyl (C=O) groups excluding carboxylic acids is 1. The van der Waals surface area contributed by atoms with Crippen LogP contribution in [0.2, 0.25) is 0 Å². The van der Waals surface area contributed by atoms with Crippen molar-refractivity contribution in [2.45, 2.75) is 46.3 Å². The maximum Gasteiger partial charge on any atom is 0.410 e. The number of nitrogens with zero attached hydrogens (tertiary/aromatic N) is 3. The summed E-state index contributed by atoms with van der Waals surface area (Å²) < 4.78 is 16.9. The summed E-state index contributed by atoms with van der Waals surface area (Å²) >= 11 is 1.64. The molecule has 0 saturated heterocycles. The summed E-state index contributed by atoms with van der Waals surface area (Å²) in [6.07, 6.45) is 2.27. The van der Waals surface area contributed by atoms with E-state index in [0.29, 0.717) is 26.3 Å². The Kier molecular flexibility index (Phi) is 5.48. The molecule has 0 aliphatic carbocycles. The molecule has 0 atom stereocenters. The third-order valence-electron chi connectivity index (χ3n) is 5.63. The van der Waals surface area contributed by atoms with E-state index in [1.165, 1.54) is 0 Å². The van der Waals surface area contributed by atoms with Crippen LogP contribution < -0.4 is 9.47 Å². The molecule has 7 nitrogen and oxygen atoms in total. The van der Waals surface area contributed by atoms with Crippen LogP contribution in [-0.2, 0) is 17.7 Å². The van der Waals surface area contributed by atoms with E-state index in [1.807, 2.05) is 51.2 Å². The van der Waals surface area contributed by atoms with Crippen molar-refractivity contribution in [2.24, 2.45) is 0 Å². The normalized spacial score (nSPS) is 15.2. The minimum atomic E-state index is -0.505. The van der Waals surface area contributed by atoms with Crippen molar-refractivity contribution in [3.05, 3.63) is 46.6 Å². The smallest absolute Gasteiger partial charge is 0.410 e. The Labute approximate surface area is 197 Å². The van der Waals surface area contributed by atoms with Crippen molar-refractivity contribution in [2.75, 3.05) is 19.8 Å². The highest BCUT2D eigenvalue weighted by Crippen LogP contribution is 2.38. The lowest BCUT2D eigenvalue weighted by Crippen LogP contribution is -2.39. The number of benzene rings is 1. The fraction of sp³-hybridized carbons (Fsp3) is 0.400. The van der Waals surface area contributed by atoms with E-state index in [1.54, 1.807) is 16.2 Å². The molecular formula is C25H27N3O4S. The fourth-order valence-corrected chi connectivity index (χ4v) is 5.25.